The first kappa shape index (κ1) is 16.4. The number of aromatic nitrogens is 4. The zero-order chi connectivity index (χ0) is 17.2. The summed E-state index contributed by atoms with van der Waals surface area (Å²) in [5, 5.41) is 8.04. The van der Waals surface area contributed by atoms with E-state index in [1.165, 1.54) is 17.1 Å². The van der Waals surface area contributed by atoms with Gasteiger partial charge in [-0.05, 0) is 23.6 Å². The van der Waals surface area contributed by atoms with Crippen LogP contribution in [0.25, 0.3) is 11.3 Å². The molecule has 3 rings (SSSR count). The van der Waals surface area contributed by atoms with E-state index in [1.807, 2.05) is 42.1 Å². The van der Waals surface area contributed by atoms with Crippen LogP contribution in [0.15, 0.2) is 53.8 Å². The fourth-order valence-electron chi connectivity index (χ4n) is 2.45. The lowest BCUT2D eigenvalue weighted by molar-refractivity contribution is 0.581. The normalized spacial score (nSPS) is 11.8. The maximum atomic E-state index is 12.1. The van der Waals surface area contributed by atoms with Crippen molar-refractivity contribution in [2.24, 2.45) is 14.1 Å². The van der Waals surface area contributed by atoms with Crippen LogP contribution in [-0.4, -0.2) is 34.5 Å². The molecule has 1 N–H and O–H groups in total. The van der Waals surface area contributed by atoms with Crippen LogP contribution < -0.4 is 4.72 Å². The fraction of sp³-hybridized carbons (Fsp3) is 0.250. The highest BCUT2D eigenvalue weighted by molar-refractivity contribution is 7.89. The summed E-state index contributed by atoms with van der Waals surface area (Å²) in [6.07, 6.45) is 5.19. The smallest absolute Gasteiger partial charge is 0.243 e. The van der Waals surface area contributed by atoms with Gasteiger partial charge in [-0.3, -0.25) is 9.36 Å². The van der Waals surface area contributed by atoms with Gasteiger partial charge in [0.2, 0.25) is 10.0 Å². The second-order valence-electron chi connectivity index (χ2n) is 5.53. The molecule has 0 saturated heterocycles. The predicted octanol–water partition coefficient (Wildman–Crippen LogP) is 1.34. The zero-order valence-electron chi connectivity index (χ0n) is 13.5. The maximum Gasteiger partial charge on any atom is 0.243 e. The first-order chi connectivity index (χ1) is 11.5. The first-order valence-electron chi connectivity index (χ1n) is 7.51. The second-order valence-corrected chi connectivity index (χ2v) is 7.30. The molecule has 0 atom stereocenters. The van der Waals surface area contributed by atoms with Gasteiger partial charge in [-0.15, -0.1) is 0 Å². The van der Waals surface area contributed by atoms with E-state index in [0.29, 0.717) is 13.0 Å². The zero-order valence-corrected chi connectivity index (χ0v) is 14.4. The minimum absolute atomic E-state index is 0.177. The van der Waals surface area contributed by atoms with Gasteiger partial charge in [-0.1, -0.05) is 24.3 Å². The van der Waals surface area contributed by atoms with Gasteiger partial charge in [0, 0.05) is 33.0 Å². The van der Waals surface area contributed by atoms with Gasteiger partial charge in [0.25, 0.3) is 0 Å². The van der Waals surface area contributed by atoms with Crippen molar-refractivity contribution < 1.29 is 8.42 Å². The highest BCUT2D eigenvalue weighted by Gasteiger charge is 2.15. The molecule has 0 aliphatic heterocycles. The van der Waals surface area contributed by atoms with E-state index >= 15 is 0 Å². The summed E-state index contributed by atoms with van der Waals surface area (Å²) in [6, 6.07) is 9.99. The van der Waals surface area contributed by atoms with E-state index in [2.05, 4.69) is 14.9 Å². The lowest BCUT2D eigenvalue weighted by atomic mass is 10.1. The Morgan fingerprint density at radius 1 is 1.08 bits per heavy atom. The van der Waals surface area contributed by atoms with Gasteiger partial charge >= 0.3 is 0 Å². The summed E-state index contributed by atoms with van der Waals surface area (Å²) in [5.74, 6) is 0. The summed E-state index contributed by atoms with van der Waals surface area (Å²) in [5.41, 5.74) is 3.18. The van der Waals surface area contributed by atoms with Crippen LogP contribution in [0, 0.1) is 0 Å². The second kappa shape index (κ2) is 6.58. The third-order valence-electron chi connectivity index (χ3n) is 3.77. The quantitative estimate of drug-likeness (QED) is 0.731. The fourth-order valence-corrected chi connectivity index (χ4v) is 3.46. The monoisotopic (exact) mass is 345 g/mol. The van der Waals surface area contributed by atoms with Crippen molar-refractivity contribution >= 4 is 10.0 Å². The molecule has 0 aliphatic rings. The van der Waals surface area contributed by atoms with Gasteiger partial charge < -0.3 is 0 Å². The topological polar surface area (TPSA) is 81.8 Å². The Morgan fingerprint density at radius 2 is 1.83 bits per heavy atom. The molecule has 8 heteroatoms. The van der Waals surface area contributed by atoms with Gasteiger partial charge in [-0.2, -0.15) is 10.2 Å². The van der Waals surface area contributed by atoms with Crippen LogP contribution in [0.4, 0.5) is 0 Å². The van der Waals surface area contributed by atoms with Crippen molar-refractivity contribution in [1.82, 2.24) is 24.3 Å². The molecule has 126 valence electrons. The molecule has 1 aromatic carbocycles. The molecule has 2 aromatic heterocycles. The Hall–Kier alpha value is -2.45. The summed E-state index contributed by atoms with van der Waals surface area (Å²) >= 11 is 0. The molecule has 3 aromatic rings. The van der Waals surface area contributed by atoms with Gasteiger partial charge in [0.1, 0.15) is 4.90 Å². The molecule has 0 spiro atoms. The van der Waals surface area contributed by atoms with E-state index in [0.717, 1.165) is 16.8 Å². The average molecular weight is 345 g/mol. The Bertz CT molecular complexity index is 926. The van der Waals surface area contributed by atoms with Crippen molar-refractivity contribution in [2.45, 2.75) is 11.3 Å². The van der Waals surface area contributed by atoms with Crippen LogP contribution in [0.2, 0.25) is 0 Å². The third-order valence-corrected chi connectivity index (χ3v) is 5.18. The van der Waals surface area contributed by atoms with Gasteiger partial charge in [0.15, 0.2) is 0 Å². The summed E-state index contributed by atoms with van der Waals surface area (Å²) in [7, 11) is 0.0789. The SMILES string of the molecule is Cn1cc(S(=O)(=O)NCCc2ccc(-c3ccnn3C)cc2)cn1. The van der Waals surface area contributed by atoms with Crippen molar-refractivity contribution in [1.29, 1.82) is 0 Å². The van der Waals surface area contributed by atoms with Crippen molar-refractivity contribution in [3.63, 3.8) is 0 Å². The van der Waals surface area contributed by atoms with E-state index in [4.69, 9.17) is 0 Å². The Kier molecular flexibility index (Phi) is 4.50. The Balaban J connectivity index is 1.60. The highest BCUT2D eigenvalue weighted by Crippen LogP contribution is 2.18. The van der Waals surface area contributed by atoms with Crippen molar-refractivity contribution in [3.05, 3.63) is 54.5 Å². The van der Waals surface area contributed by atoms with Crippen molar-refractivity contribution in [3.8, 4) is 11.3 Å². The highest BCUT2D eigenvalue weighted by atomic mass is 32.2. The van der Waals surface area contributed by atoms with E-state index < -0.39 is 10.0 Å². The van der Waals surface area contributed by atoms with Gasteiger partial charge in [0.05, 0.1) is 11.9 Å². The number of nitrogens with zero attached hydrogens (tertiary/aromatic N) is 4. The molecule has 0 amide bonds. The van der Waals surface area contributed by atoms with Gasteiger partial charge in [-0.25, -0.2) is 13.1 Å². The minimum Gasteiger partial charge on any atom is -0.274 e. The number of aryl methyl sites for hydroxylation is 2. The van der Waals surface area contributed by atoms with Crippen LogP contribution in [0.5, 0.6) is 0 Å². The number of nitrogens with one attached hydrogen (secondary N) is 1. The molecule has 0 radical (unpaired) electrons. The Morgan fingerprint density at radius 3 is 2.42 bits per heavy atom. The lowest BCUT2D eigenvalue weighted by Gasteiger charge is -2.06. The molecule has 24 heavy (non-hydrogen) atoms. The maximum absolute atomic E-state index is 12.1. The lowest BCUT2D eigenvalue weighted by Crippen LogP contribution is -2.25. The largest absolute Gasteiger partial charge is 0.274 e. The number of rotatable bonds is 6. The van der Waals surface area contributed by atoms with Crippen LogP contribution >= 0.6 is 0 Å². The number of benzene rings is 1. The predicted molar refractivity (Wildman–Crippen MR) is 90.7 cm³/mol. The molecule has 0 bridgehead atoms. The minimum atomic E-state index is -3.50. The molecule has 7 nitrogen and oxygen atoms in total. The molecular weight excluding hydrogens is 326 g/mol. The number of hydrogen-bond donors (Lipinski definition) is 1. The molecule has 0 unspecified atom stereocenters. The average Bonchev–Trinajstić information content (AvgIpc) is 3.17. The summed E-state index contributed by atoms with van der Waals surface area (Å²) in [6.45, 7) is 0.336. The molecule has 0 saturated carbocycles. The summed E-state index contributed by atoms with van der Waals surface area (Å²) in [4.78, 5) is 0.177. The number of sulfonamides is 1. The van der Waals surface area contributed by atoms with Crippen LogP contribution in [0.3, 0.4) is 0 Å². The molecule has 0 aliphatic carbocycles. The Labute approximate surface area is 141 Å². The first-order valence-corrected chi connectivity index (χ1v) is 9.00. The standard InChI is InChI=1S/C16H19N5O2S/c1-20-12-15(11-18-20)24(22,23)19-10-7-13-3-5-14(6-4-13)16-8-9-17-21(16)2/h3-6,8-9,11-12,19H,7,10H2,1-2H3. The summed E-state index contributed by atoms with van der Waals surface area (Å²) < 4.78 is 30.1. The molecular formula is C16H19N5O2S. The van der Waals surface area contributed by atoms with Crippen molar-refractivity contribution in [2.75, 3.05) is 6.54 Å². The van der Waals surface area contributed by atoms with Crippen LogP contribution in [0.1, 0.15) is 5.56 Å². The van der Waals surface area contributed by atoms with E-state index in [1.54, 1.807) is 13.2 Å². The van der Waals surface area contributed by atoms with E-state index in [-0.39, 0.29) is 4.90 Å². The van der Waals surface area contributed by atoms with Crippen LogP contribution in [-0.2, 0) is 30.5 Å². The molecule has 2 heterocycles. The third kappa shape index (κ3) is 3.55. The number of hydrogen-bond acceptors (Lipinski definition) is 4. The molecule has 0 fully saturated rings. The van der Waals surface area contributed by atoms with E-state index in [9.17, 15) is 8.42 Å².